The minimum atomic E-state index is -0.583. The van der Waals surface area contributed by atoms with Crippen LogP contribution in [-0.4, -0.2) is 10.5 Å². The van der Waals surface area contributed by atoms with Crippen molar-refractivity contribution in [2.24, 2.45) is 0 Å². The first-order valence-corrected chi connectivity index (χ1v) is 6.82. The number of halogens is 2. The van der Waals surface area contributed by atoms with Crippen LogP contribution in [-0.2, 0) is 4.79 Å². The summed E-state index contributed by atoms with van der Waals surface area (Å²) in [6.45, 7) is 1.68. The summed E-state index contributed by atoms with van der Waals surface area (Å²) in [5.74, 6) is -0.335. The van der Waals surface area contributed by atoms with Gasteiger partial charge in [-0.1, -0.05) is 23.2 Å². The molecule has 21 heavy (non-hydrogen) atoms. The lowest BCUT2D eigenvalue weighted by atomic mass is 10.2. The second-order valence-electron chi connectivity index (χ2n) is 4.43. The third-order valence-corrected chi connectivity index (χ3v) is 3.54. The number of nitriles is 1. The smallest absolute Gasteiger partial charge is 0.247 e. The van der Waals surface area contributed by atoms with Crippen LogP contribution in [0.15, 0.2) is 30.5 Å². The normalized spacial score (nSPS) is 11.7. The molecule has 5 nitrogen and oxygen atoms in total. The molecule has 1 atom stereocenters. The van der Waals surface area contributed by atoms with E-state index in [0.29, 0.717) is 16.4 Å². The Balaban J connectivity index is 2.25. The lowest BCUT2D eigenvalue weighted by Gasteiger charge is -2.17. The highest BCUT2D eigenvalue weighted by atomic mass is 35.5. The van der Waals surface area contributed by atoms with Crippen LogP contribution in [0.1, 0.15) is 18.7 Å². The number of anilines is 2. The molecular weight excluding hydrogens is 311 g/mol. The molecule has 0 bridgehead atoms. The molecule has 0 aliphatic rings. The molecular formula is C14H12Cl2N4O. The van der Waals surface area contributed by atoms with E-state index in [1.165, 1.54) is 12.1 Å². The lowest BCUT2D eigenvalue weighted by molar-refractivity contribution is -0.118. The number of carbonyl (C=O) groups is 1. The fraction of sp³-hybridized carbons (Fsp3) is 0.143. The monoisotopic (exact) mass is 322 g/mol. The molecule has 1 heterocycles. The number of nitrogen functional groups attached to an aromatic ring is 1. The van der Waals surface area contributed by atoms with Gasteiger partial charge in [0.2, 0.25) is 5.91 Å². The van der Waals surface area contributed by atoms with Gasteiger partial charge >= 0.3 is 0 Å². The molecule has 2 aromatic rings. The van der Waals surface area contributed by atoms with Crippen molar-refractivity contribution in [2.75, 3.05) is 11.1 Å². The standard InChI is InChI=1S/C14H12Cl2N4O/c1-8(20-4-2-3-10(20)7-17)14(21)19-13-11(16)5-9(15)6-12(13)18/h2-6,8H,18H2,1H3,(H,19,21). The van der Waals surface area contributed by atoms with Crippen molar-refractivity contribution < 1.29 is 4.79 Å². The van der Waals surface area contributed by atoms with Gasteiger partial charge < -0.3 is 15.6 Å². The predicted molar refractivity (Wildman–Crippen MR) is 83.4 cm³/mol. The van der Waals surface area contributed by atoms with Gasteiger partial charge in [-0.15, -0.1) is 0 Å². The maximum absolute atomic E-state index is 12.3. The molecule has 0 saturated carbocycles. The Kier molecular flexibility index (Phi) is 4.41. The van der Waals surface area contributed by atoms with Crippen LogP contribution in [0.3, 0.4) is 0 Å². The largest absolute Gasteiger partial charge is 0.397 e. The highest BCUT2D eigenvalue weighted by Gasteiger charge is 2.19. The van der Waals surface area contributed by atoms with Crippen molar-refractivity contribution in [3.05, 3.63) is 46.2 Å². The molecule has 0 spiro atoms. The van der Waals surface area contributed by atoms with E-state index in [2.05, 4.69) is 5.32 Å². The van der Waals surface area contributed by atoms with E-state index in [0.717, 1.165) is 0 Å². The van der Waals surface area contributed by atoms with Crippen LogP contribution < -0.4 is 11.1 Å². The summed E-state index contributed by atoms with van der Waals surface area (Å²) in [7, 11) is 0. The van der Waals surface area contributed by atoms with Gasteiger partial charge in [0.25, 0.3) is 0 Å². The van der Waals surface area contributed by atoms with Crippen LogP contribution in [0.5, 0.6) is 0 Å². The van der Waals surface area contributed by atoms with Gasteiger partial charge in [0.15, 0.2) is 0 Å². The predicted octanol–water partition coefficient (Wildman–Crippen LogP) is 3.45. The Bertz CT molecular complexity index is 710. The van der Waals surface area contributed by atoms with E-state index in [9.17, 15) is 4.79 Å². The van der Waals surface area contributed by atoms with Gasteiger partial charge in [-0.25, -0.2) is 0 Å². The summed E-state index contributed by atoms with van der Waals surface area (Å²) < 4.78 is 1.56. The van der Waals surface area contributed by atoms with E-state index in [1.807, 2.05) is 6.07 Å². The van der Waals surface area contributed by atoms with E-state index in [1.54, 1.807) is 29.8 Å². The van der Waals surface area contributed by atoms with Crippen molar-refractivity contribution in [3.63, 3.8) is 0 Å². The van der Waals surface area contributed by atoms with Crippen LogP contribution in [0.4, 0.5) is 11.4 Å². The van der Waals surface area contributed by atoms with Crippen molar-refractivity contribution >= 4 is 40.5 Å². The minimum absolute atomic E-state index is 0.258. The molecule has 0 aliphatic heterocycles. The quantitative estimate of drug-likeness (QED) is 0.849. The Morgan fingerprint density at radius 2 is 2.19 bits per heavy atom. The fourth-order valence-electron chi connectivity index (χ4n) is 1.91. The number of benzene rings is 1. The number of amides is 1. The molecule has 0 saturated heterocycles. The van der Waals surface area contributed by atoms with Crippen LogP contribution >= 0.6 is 23.2 Å². The number of nitrogens with zero attached hydrogens (tertiary/aromatic N) is 2. The van der Waals surface area contributed by atoms with E-state index >= 15 is 0 Å². The molecule has 0 radical (unpaired) electrons. The van der Waals surface area contributed by atoms with Crippen molar-refractivity contribution in [1.29, 1.82) is 5.26 Å². The van der Waals surface area contributed by atoms with E-state index < -0.39 is 6.04 Å². The summed E-state index contributed by atoms with van der Waals surface area (Å²) in [5, 5.41) is 12.3. The topological polar surface area (TPSA) is 83.8 Å². The summed E-state index contributed by atoms with van der Waals surface area (Å²) in [5.41, 5.74) is 6.79. The van der Waals surface area contributed by atoms with Crippen molar-refractivity contribution in [2.45, 2.75) is 13.0 Å². The zero-order valence-corrected chi connectivity index (χ0v) is 12.6. The minimum Gasteiger partial charge on any atom is -0.397 e. The van der Waals surface area contributed by atoms with Crippen LogP contribution in [0, 0.1) is 11.3 Å². The first kappa shape index (κ1) is 15.2. The van der Waals surface area contributed by atoms with E-state index in [-0.39, 0.29) is 16.6 Å². The third-order valence-electron chi connectivity index (χ3n) is 3.02. The number of hydrogen-bond acceptors (Lipinski definition) is 3. The second kappa shape index (κ2) is 6.08. The molecule has 1 amide bonds. The molecule has 108 valence electrons. The molecule has 0 aliphatic carbocycles. The average Bonchev–Trinajstić information content (AvgIpc) is 2.89. The first-order chi connectivity index (χ1) is 9.93. The Hall–Kier alpha value is -2.16. The third kappa shape index (κ3) is 3.13. The maximum atomic E-state index is 12.3. The molecule has 1 aromatic carbocycles. The molecule has 3 N–H and O–H groups in total. The summed E-state index contributed by atoms with van der Waals surface area (Å²) in [6, 6.07) is 7.77. The van der Waals surface area contributed by atoms with Crippen LogP contribution in [0.25, 0.3) is 0 Å². The Morgan fingerprint density at radius 3 is 2.81 bits per heavy atom. The summed E-state index contributed by atoms with van der Waals surface area (Å²) in [4.78, 5) is 12.3. The SMILES string of the molecule is CC(C(=O)Nc1c(N)cc(Cl)cc1Cl)n1cccc1C#N. The zero-order valence-electron chi connectivity index (χ0n) is 11.1. The maximum Gasteiger partial charge on any atom is 0.247 e. The van der Waals surface area contributed by atoms with Crippen molar-refractivity contribution in [3.8, 4) is 6.07 Å². The first-order valence-electron chi connectivity index (χ1n) is 6.06. The molecule has 0 fully saturated rings. The number of hydrogen-bond donors (Lipinski definition) is 2. The molecule has 1 aromatic heterocycles. The summed E-state index contributed by atoms with van der Waals surface area (Å²) in [6.07, 6.45) is 1.66. The average molecular weight is 323 g/mol. The number of nitrogens with two attached hydrogens (primary N) is 1. The molecule has 1 unspecified atom stereocenters. The number of rotatable bonds is 3. The fourth-order valence-corrected chi connectivity index (χ4v) is 2.46. The lowest BCUT2D eigenvalue weighted by Crippen LogP contribution is -2.24. The van der Waals surface area contributed by atoms with Gasteiger partial charge in [-0.3, -0.25) is 4.79 Å². The number of carbonyl (C=O) groups excluding carboxylic acids is 1. The second-order valence-corrected chi connectivity index (χ2v) is 5.27. The van der Waals surface area contributed by atoms with Gasteiger partial charge in [0, 0.05) is 11.2 Å². The molecule has 7 heteroatoms. The van der Waals surface area contributed by atoms with Crippen LogP contribution in [0.2, 0.25) is 10.0 Å². The Labute approximate surface area is 131 Å². The Morgan fingerprint density at radius 1 is 1.48 bits per heavy atom. The molecule has 2 rings (SSSR count). The van der Waals surface area contributed by atoms with Gasteiger partial charge in [0.05, 0.1) is 16.4 Å². The highest BCUT2D eigenvalue weighted by Crippen LogP contribution is 2.32. The van der Waals surface area contributed by atoms with Gasteiger partial charge in [-0.2, -0.15) is 5.26 Å². The number of nitrogens with one attached hydrogen (secondary N) is 1. The number of aromatic nitrogens is 1. The van der Waals surface area contributed by atoms with Gasteiger partial charge in [0.1, 0.15) is 17.8 Å². The highest BCUT2D eigenvalue weighted by molar-refractivity contribution is 6.37. The van der Waals surface area contributed by atoms with Crippen molar-refractivity contribution in [1.82, 2.24) is 4.57 Å². The van der Waals surface area contributed by atoms with Gasteiger partial charge in [-0.05, 0) is 31.2 Å². The van der Waals surface area contributed by atoms with E-state index in [4.69, 9.17) is 34.2 Å². The zero-order chi connectivity index (χ0) is 15.6. The summed E-state index contributed by atoms with van der Waals surface area (Å²) >= 11 is 11.9.